The van der Waals surface area contributed by atoms with Gasteiger partial charge in [0.1, 0.15) is 5.82 Å². The Hall–Kier alpha value is -0.930. The Morgan fingerprint density at radius 2 is 2.06 bits per heavy atom. The Morgan fingerprint density at radius 1 is 1.33 bits per heavy atom. The van der Waals surface area contributed by atoms with E-state index in [1.165, 1.54) is 37.8 Å². The van der Waals surface area contributed by atoms with Crippen molar-refractivity contribution in [1.82, 2.24) is 5.32 Å². The van der Waals surface area contributed by atoms with Crippen LogP contribution in [0.1, 0.15) is 44.3 Å². The first-order valence-corrected chi connectivity index (χ1v) is 6.82. The molecule has 3 atom stereocenters. The summed E-state index contributed by atoms with van der Waals surface area (Å²) in [6, 6.07) is 6.59. The minimum Gasteiger partial charge on any atom is -0.387 e. The molecular formula is C15H22FNO. The van der Waals surface area contributed by atoms with Gasteiger partial charge in [0.25, 0.3) is 0 Å². The molecule has 3 unspecified atom stereocenters. The zero-order valence-electron chi connectivity index (χ0n) is 10.9. The second kappa shape index (κ2) is 6.30. The van der Waals surface area contributed by atoms with Crippen LogP contribution in [0.15, 0.2) is 24.3 Å². The minimum absolute atomic E-state index is 0.264. The number of benzene rings is 1. The molecule has 1 aromatic carbocycles. The van der Waals surface area contributed by atoms with Crippen LogP contribution in [-0.4, -0.2) is 17.7 Å². The molecule has 0 aromatic heterocycles. The van der Waals surface area contributed by atoms with Gasteiger partial charge in [-0.25, -0.2) is 4.39 Å². The van der Waals surface area contributed by atoms with Crippen molar-refractivity contribution in [3.63, 3.8) is 0 Å². The van der Waals surface area contributed by atoms with Crippen LogP contribution in [0.4, 0.5) is 4.39 Å². The molecule has 0 amide bonds. The largest absolute Gasteiger partial charge is 0.387 e. The molecule has 1 aliphatic carbocycles. The average molecular weight is 251 g/mol. The van der Waals surface area contributed by atoms with Gasteiger partial charge in [-0.15, -0.1) is 0 Å². The van der Waals surface area contributed by atoms with E-state index in [9.17, 15) is 9.50 Å². The average Bonchev–Trinajstić information content (AvgIpc) is 2.37. The lowest BCUT2D eigenvalue weighted by atomic mass is 9.87. The van der Waals surface area contributed by atoms with Gasteiger partial charge < -0.3 is 10.4 Å². The van der Waals surface area contributed by atoms with E-state index < -0.39 is 6.10 Å². The van der Waals surface area contributed by atoms with Gasteiger partial charge in [-0.3, -0.25) is 0 Å². The monoisotopic (exact) mass is 251 g/mol. The predicted octanol–water partition coefficient (Wildman–Crippen LogP) is 3.03. The second-order valence-corrected chi connectivity index (χ2v) is 5.44. The first kappa shape index (κ1) is 13.5. The maximum absolute atomic E-state index is 12.8. The van der Waals surface area contributed by atoms with E-state index in [0.29, 0.717) is 12.6 Å². The molecule has 1 fully saturated rings. The molecular weight excluding hydrogens is 229 g/mol. The molecule has 0 saturated heterocycles. The first-order chi connectivity index (χ1) is 8.65. The van der Waals surface area contributed by atoms with Gasteiger partial charge in [-0.05, 0) is 36.5 Å². The molecule has 3 heteroatoms. The Labute approximate surface area is 108 Å². The third kappa shape index (κ3) is 3.79. The second-order valence-electron chi connectivity index (χ2n) is 5.44. The van der Waals surface area contributed by atoms with Crippen molar-refractivity contribution >= 4 is 0 Å². The summed E-state index contributed by atoms with van der Waals surface area (Å²) in [5.74, 6) is 0.513. The summed E-state index contributed by atoms with van der Waals surface area (Å²) in [6.45, 7) is 2.83. The maximum Gasteiger partial charge on any atom is 0.123 e. The number of rotatable bonds is 4. The van der Waals surface area contributed by atoms with Gasteiger partial charge >= 0.3 is 0 Å². The van der Waals surface area contributed by atoms with Crippen LogP contribution >= 0.6 is 0 Å². The van der Waals surface area contributed by atoms with Crippen LogP contribution in [0.2, 0.25) is 0 Å². The molecule has 18 heavy (non-hydrogen) atoms. The van der Waals surface area contributed by atoms with Gasteiger partial charge in [0.05, 0.1) is 6.10 Å². The van der Waals surface area contributed by atoms with E-state index in [-0.39, 0.29) is 5.82 Å². The number of aliphatic hydroxyl groups is 1. The highest BCUT2D eigenvalue weighted by Gasteiger charge is 2.19. The lowest BCUT2D eigenvalue weighted by Crippen LogP contribution is -2.36. The first-order valence-electron chi connectivity index (χ1n) is 6.82. The van der Waals surface area contributed by atoms with Gasteiger partial charge in [0.15, 0.2) is 0 Å². The lowest BCUT2D eigenvalue weighted by molar-refractivity contribution is 0.162. The van der Waals surface area contributed by atoms with Crippen LogP contribution in [0.25, 0.3) is 0 Å². The van der Waals surface area contributed by atoms with Crippen LogP contribution in [0.3, 0.4) is 0 Å². The van der Waals surface area contributed by atoms with Crippen molar-refractivity contribution < 1.29 is 9.50 Å². The highest BCUT2D eigenvalue weighted by Crippen LogP contribution is 2.24. The Balaban J connectivity index is 1.80. The van der Waals surface area contributed by atoms with Crippen molar-refractivity contribution in [2.45, 2.75) is 44.8 Å². The highest BCUT2D eigenvalue weighted by molar-refractivity contribution is 5.18. The molecule has 1 saturated carbocycles. The fourth-order valence-electron chi connectivity index (χ4n) is 2.70. The molecule has 2 nitrogen and oxygen atoms in total. The van der Waals surface area contributed by atoms with E-state index in [1.54, 1.807) is 12.1 Å². The summed E-state index contributed by atoms with van der Waals surface area (Å²) < 4.78 is 12.8. The number of nitrogens with one attached hydrogen (secondary N) is 1. The summed E-state index contributed by atoms with van der Waals surface area (Å²) in [5.41, 5.74) is 0.771. The van der Waals surface area contributed by atoms with E-state index in [4.69, 9.17) is 0 Å². The van der Waals surface area contributed by atoms with Crippen molar-refractivity contribution in [1.29, 1.82) is 0 Å². The maximum atomic E-state index is 12.8. The van der Waals surface area contributed by atoms with Crippen molar-refractivity contribution in [2.24, 2.45) is 5.92 Å². The molecule has 0 bridgehead atoms. The summed E-state index contributed by atoms with van der Waals surface area (Å²) in [7, 11) is 0. The Kier molecular flexibility index (Phi) is 4.72. The van der Waals surface area contributed by atoms with Gasteiger partial charge in [-0.2, -0.15) is 0 Å². The summed E-state index contributed by atoms with van der Waals surface area (Å²) in [5, 5.41) is 13.4. The van der Waals surface area contributed by atoms with Crippen LogP contribution in [0.5, 0.6) is 0 Å². The van der Waals surface area contributed by atoms with Crippen molar-refractivity contribution in [3.05, 3.63) is 35.6 Å². The predicted molar refractivity (Wildman–Crippen MR) is 70.8 cm³/mol. The quantitative estimate of drug-likeness (QED) is 0.862. The SMILES string of the molecule is CC1CCCC(NCC(O)c2ccc(F)cc2)C1. The normalized spacial score (nSPS) is 25.9. The van der Waals surface area contributed by atoms with E-state index in [2.05, 4.69) is 12.2 Å². The smallest absolute Gasteiger partial charge is 0.123 e. The molecule has 2 N–H and O–H groups in total. The summed E-state index contributed by atoms with van der Waals surface area (Å²) in [6.07, 6.45) is 4.42. The molecule has 0 radical (unpaired) electrons. The van der Waals surface area contributed by atoms with Gasteiger partial charge in [0, 0.05) is 12.6 Å². The Morgan fingerprint density at radius 3 is 2.72 bits per heavy atom. The molecule has 0 aliphatic heterocycles. The van der Waals surface area contributed by atoms with Crippen molar-refractivity contribution in [2.75, 3.05) is 6.54 Å². The third-order valence-electron chi connectivity index (χ3n) is 3.79. The Bertz CT molecular complexity index is 365. The zero-order valence-corrected chi connectivity index (χ0v) is 10.9. The number of halogens is 1. The zero-order chi connectivity index (χ0) is 13.0. The summed E-state index contributed by atoms with van der Waals surface area (Å²) >= 11 is 0. The molecule has 1 aromatic rings. The number of aliphatic hydroxyl groups excluding tert-OH is 1. The molecule has 100 valence electrons. The number of hydrogen-bond acceptors (Lipinski definition) is 2. The number of hydrogen-bond donors (Lipinski definition) is 2. The fourth-order valence-corrected chi connectivity index (χ4v) is 2.70. The molecule has 2 rings (SSSR count). The molecule has 0 spiro atoms. The van der Waals surface area contributed by atoms with Crippen LogP contribution in [0, 0.1) is 11.7 Å². The van der Waals surface area contributed by atoms with E-state index in [0.717, 1.165) is 11.5 Å². The van der Waals surface area contributed by atoms with Gasteiger partial charge in [-0.1, -0.05) is 31.9 Å². The third-order valence-corrected chi connectivity index (χ3v) is 3.79. The molecule has 1 aliphatic rings. The standard InChI is InChI=1S/C15H22FNO/c1-11-3-2-4-14(9-11)17-10-15(18)12-5-7-13(16)8-6-12/h5-8,11,14-15,17-18H,2-4,9-10H2,1H3. The highest BCUT2D eigenvalue weighted by atomic mass is 19.1. The fraction of sp³-hybridized carbons (Fsp3) is 0.600. The van der Waals surface area contributed by atoms with E-state index in [1.807, 2.05) is 0 Å². The van der Waals surface area contributed by atoms with E-state index >= 15 is 0 Å². The minimum atomic E-state index is -0.553. The van der Waals surface area contributed by atoms with Crippen molar-refractivity contribution in [3.8, 4) is 0 Å². The van der Waals surface area contributed by atoms with Crippen LogP contribution < -0.4 is 5.32 Å². The van der Waals surface area contributed by atoms with Crippen LogP contribution in [-0.2, 0) is 0 Å². The molecule has 0 heterocycles. The summed E-state index contributed by atoms with van der Waals surface area (Å²) in [4.78, 5) is 0. The lowest BCUT2D eigenvalue weighted by Gasteiger charge is -2.28. The topological polar surface area (TPSA) is 32.3 Å². The van der Waals surface area contributed by atoms with Gasteiger partial charge in [0.2, 0.25) is 0 Å².